The van der Waals surface area contributed by atoms with E-state index >= 15 is 0 Å². The van der Waals surface area contributed by atoms with Crippen LogP contribution in [0.4, 0.5) is 0 Å². The topological polar surface area (TPSA) is 27.7 Å². The highest BCUT2D eigenvalue weighted by atomic mass is 16.5. The number of ether oxygens (including phenoxy) is 3. The zero-order valence-corrected chi connectivity index (χ0v) is 12.7. The summed E-state index contributed by atoms with van der Waals surface area (Å²) >= 11 is 0. The Bertz CT molecular complexity index is 632. The summed E-state index contributed by atoms with van der Waals surface area (Å²) in [5.41, 5.74) is 3.77. The summed E-state index contributed by atoms with van der Waals surface area (Å²) < 4.78 is 16.7. The van der Waals surface area contributed by atoms with Gasteiger partial charge in [-0.05, 0) is 30.5 Å². The number of benzene rings is 2. The quantitative estimate of drug-likeness (QED) is 0.859. The molecule has 3 heteroatoms. The Morgan fingerprint density at radius 2 is 1.76 bits per heavy atom. The first-order valence-electron chi connectivity index (χ1n) is 7.16. The second-order valence-corrected chi connectivity index (χ2v) is 5.41. The fourth-order valence-corrected chi connectivity index (χ4v) is 2.82. The molecule has 2 aromatic rings. The Morgan fingerprint density at radius 1 is 1.00 bits per heavy atom. The Kier molecular flexibility index (Phi) is 3.74. The number of fused-ring (bicyclic) bond motifs is 1. The van der Waals surface area contributed by atoms with Gasteiger partial charge in [-0.1, -0.05) is 35.9 Å². The Balaban J connectivity index is 1.91. The molecular weight excluding hydrogens is 264 g/mol. The van der Waals surface area contributed by atoms with Gasteiger partial charge < -0.3 is 14.2 Å². The maximum Gasteiger partial charge on any atom is 0.203 e. The summed E-state index contributed by atoms with van der Waals surface area (Å²) in [6.45, 7) is 2.77. The van der Waals surface area contributed by atoms with Crippen LogP contribution in [0, 0.1) is 6.92 Å². The van der Waals surface area contributed by atoms with Crippen LogP contribution in [0.1, 0.15) is 22.6 Å². The zero-order chi connectivity index (χ0) is 14.8. The molecule has 3 rings (SSSR count). The Morgan fingerprint density at radius 3 is 2.43 bits per heavy atom. The van der Waals surface area contributed by atoms with Gasteiger partial charge in [-0.25, -0.2) is 0 Å². The second-order valence-electron chi connectivity index (χ2n) is 5.41. The van der Waals surface area contributed by atoms with Crippen LogP contribution in [-0.4, -0.2) is 20.8 Å². The number of hydrogen-bond acceptors (Lipinski definition) is 3. The summed E-state index contributed by atoms with van der Waals surface area (Å²) in [7, 11) is 3.29. The molecule has 0 aliphatic carbocycles. The van der Waals surface area contributed by atoms with Crippen molar-refractivity contribution in [2.24, 2.45) is 0 Å². The van der Waals surface area contributed by atoms with Crippen LogP contribution < -0.4 is 14.2 Å². The Hall–Kier alpha value is -2.16. The minimum Gasteiger partial charge on any atom is -0.493 e. The molecule has 0 amide bonds. The molecule has 3 nitrogen and oxygen atoms in total. The lowest BCUT2D eigenvalue weighted by Crippen LogP contribution is -2.19. The maximum absolute atomic E-state index is 5.98. The van der Waals surface area contributed by atoms with E-state index < -0.39 is 0 Å². The molecule has 2 aromatic carbocycles. The van der Waals surface area contributed by atoms with Crippen LogP contribution in [0.15, 0.2) is 36.4 Å². The molecule has 0 N–H and O–H groups in total. The summed E-state index contributed by atoms with van der Waals surface area (Å²) in [6, 6.07) is 12.7. The SMILES string of the molecule is COc1ccc2c(c1OC)OCC(c1ccc(C)cc1)C2. The van der Waals surface area contributed by atoms with E-state index in [1.54, 1.807) is 14.2 Å². The number of hydrogen-bond donors (Lipinski definition) is 0. The van der Waals surface area contributed by atoms with E-state index in [4.69, 9.17) is 14.2 Å². The zero-order valence-electron chi connectivity index (χ0n) is 12.7. The van der Waals surface area contributed by atoms with E-state index in [9.17, 15) is 0 Å². The molecule has 21 heavy (non-hydrogen) atoms. The molecular formula is C18H20O3. The largest absolute Gasteiger partial charge is 0.493 e. The molecule has 0 aromatic heterocycles. The maximum atomic E-state index is 5.98. The summed E-state index contributed by atoms with van der Waals surface area (Å²) in [5.74, 6) is 2.61. The van der Waals surface area contributed by atoms with E-state index in [0.717, 1.165) is 12.2 Å². The van der Waals surface area contributed by atoms with Crippen LogP contribution in [0.2, 0.25) is 0 Å². The third-order valence-electron chi connectivity index (χ3n) is 4.03. The van der Waals surface area contributed by atoms with Gasteiger partial charge in [-0.2, -0.15) is 0 Å². The van der Waals surface area contributed by atoms with Gasteiger partial charge in [-0.3, -0.25) is 0 Å². The van der Waals surface area contributed by atoms with Crippen LogP contribution in [0.25, 0.3) is 0 Å². The normalized spacial score (nSPS) is 16.8. The van der Waals surface area contributed by atoms with Crippen LogP contribution in [0.3, 0.4) is 0 Å². The lowest BCUT2D eigenvalue weighted by molar-refractivity contribution is 0.242. The molecule has 0 radical (unpaired) electrons. The lowest BCUT2D eigenvalue weighted by Gasteiger charge is -2.27. The van der Waals surface area contributed by atoms with Crippen molar-refractivity contribution in [2.45, 2.75) is 19.3 Å². The minimum atomic E-state index is 0.385. The first-order chi connectivity index (χ1) is 10.2. The summed E-state index contributed by atoms with van der Waals surface area (Å²) in [5, 5.41) is 0. The van der Waals surface area contributed by atoms with Crippen LogP contribution in [0.5, 0.6) is 17.2 Å². The van der Waals surface area contributed by atoms with Gasteiger partial charge in [0.25, 0.3) is 0 Å². The van der Waals surface area contributed by atoms with Crippen LogP contribution >= 0.6 is 0 Å². The molecule has 0 bridgehead atoms. The van der Waals surface area contributed by atoms with Gasteiger partial charge in [-0.15, -0.1) is 0 Å². The Labute approximate surface area is 125 Å². The van der Waals surface area contributed by atoms with Gasteiger partial charge in [0.1, 0.15) is 0 Å². The van der Waals surface area contributed by atoms with Crippen molar-refractivity contribution in [3.63, 3.8) is 0 Å². The van der Waals surface area contributed by atoms with E-state index in [-0.39, 0.29) is 0 Å². The predicted octanol–water partition coefficient (Wildman–Crippen LogP) is 3.73. The smallest absolute Gasteiger partial charge is 0.203 e. The highest BCUT2D eigenvalue weighted by Gasteiger charge is 2.26. The first-order valence-corrected chi connectivity index (χ1v) is 7.16. The second kappa shape index (κ2) is 5.68. The third kappa shape index (κ3) is 2.56. The molecule has 0 fully saturated rings. The third-order valence-corrected chi connectivity index (χ3v) is 4.03. The van der Waals surface area contributed by atoms with Crippen molar-refractivity contribution >= 4 is 0 Å². The van der Waals surface area contributed by atoms with Crippen molar-refractivity contribution < 1.29 is 14.2 Å². The standard InChI is InChI=1S/C18H20O3/c1-12-4-6-13(7-5-12)15-10-14-8-9-16(19-2)18(20-3)17(14)21-11-15/h4-9,15H,10-11H2,1-3H3. The molecule has 1 atom stereocenters. The molecule has 0 saturated heterocycles. The van der Waals surface area contributed by atoms with Crippen molar-refractivity contribution in [3.8, 4) is 17.2 Å². The van der Waals surface area contributed by atoms with Crippen molar-refractivity contribution in [1.29, 1.82) is 0 Å². The van der Waals surface area contributed by atoms with E-state index in [2.05, 4.69) is 37.3 Å². The van der Waals surface area contributed by atoms with Crippen LogP contribution in [-0.2, 0) is 6.42 Å². The van der Waals surface area contributed by atoms with Crippen molar-refractivity contribution in [3.05, 3.63) is 53.1 Å². The number of aryl methyl sites for hydroxylation is 1. The lowest BCUT2D eigenvalue weighted by atomic mass is 9.90. The fourth-order valence-electron chi connectivity index (χ4n) is 2.82. The molecule has 1 aliphatic rings. The summed E-state index contributed by atoms with van der Waals surface area (Å²) in [4.78, 5) is 0. The average molecular weight is 284 g/mol. The fraction of sp³-hybridized carbons (Fsp3) is 0.333. The number of rotatable bonds is 3. The summed E-state index contributed by atoms with van der Waals surface area (Å²) in [6.07, 6.45) is 0.957. The van der Waals surface area contributed by atoms with Gasteiger partial charge in [0.05, 0.1) is 20.8 Å². The highest BCUT2D eigenvalue weighted by molar-refractivity contribution is 5.57. The molecule has 1 aliphatic heterocycles. The molecule has 110 valence electrons. The average Bonchev–Trinajstić information content (AvgIpc) is 2.53. The monoisotopic (exact) mass is 284 g/mol. The van der Waals surface area contributed by atoms with E-state index in [1.807, 2.05) is 6.07 Å². The van der Waals surface area contributed by atoms with E-state index in [0.29, 0.717) is 24.0 Å². The van der Waals surface area contributed by atoms with Gasteiger partial charge in [0, 0.05) is 5.92 Å². The van der Waals surface area contributed by atoms with Crippen molar-refractivity contribution in [2.75, 3.05) is 20.8 Å². The first kappa shape index (κ1) is 13.8. The minimum absolute atomic E-state index is 0.385. The molecule has 1 heterocycles. The molecule has 0 saturated carbocycles. The van der Waals surface area contributed by atoms with Gasteiger partial charge >= 0.3 is 0 Å². The predicted molar refractivity (Wildman–Crippen MR) is 82.7 cm³/mol. The van der Waals surface area contributed by atoms with Crippen molar-refractivity contribution in [1.82, 2.24) is 0 Å². The number of methoxy groups -OCH3 is 2. The van der Waals surface area contributed by atoms with Gasteiger partial charge in [0.15, 0.2) is 11.5 Å². The van der Waals surface area contributed by atoms with E-state index in [1.165, 1.54) is 16.7 Å². The highest BCUT2D eigenvalue weighted by Crippen LogP contribution is 2.44. The van der Waals surface area contributed by atoms with Gasteiger partial charge in [0.2, 0.25) is 5.75 Å². The molecule has 0 spiro atoms. The molecule has 1 unspecified atom stereocenters.